The van der Waals surface area contributed by atoms with Crippen molar-refractivity contribution in [3.63, 3.8) is 0 Å². The van der Waals surface area contributed by atoms with Crippen molar-refractivity contribution in [2.45, 2.75) is 74.5 Å². The van der Waals surface area contributed by atoms with Crippen LogP contribution in [-0.4, -0.2) is 85.2 Å². The van der Waals surface area contributed by atoms with Gasteiger partial charge in [-0.05, 0) is 105 Å². The molecule has 1 spiro atoms. The van der Waals surface area contributed by atoms with E-state index in [1.165, 1.54) is 34.7 Å². The molecule has 2 aliphatic carbocycles. The zero-order chi connectivity index (χ0) is 43.3. The van der Waals surface area contributed by atoms with Crippen LogP contribution in [0.4, 0.5) is 5.69 Å². The molecule has 7 atom stereocenters. The lowest BCUT2D eigenvalue weighted by atomic mass is 9.68. The van der Waals surface area contributed by atoms with Crippen LogP contribution < -0.4 is 19.1 Å². The number of aryl methyl sites for hydroxylation is 4. The van der Waals surface area contributed by atoms with E-state index >= 15 is 4.21 Å². The van der Waals surface area contributed by atoms with Crippen LogP contribution in [0.3, 0.4) is 0 Å². The van der Waals surface area contributed by atoms with Gasteiger partial charge in [-0.3, -0.25) is 19.0 Å². The molecule has 1 saturated carbocycles. The third-order valence-electron chi connectivity index (χ3n) is 13.1. The highest BCUT2D eigenvalue weighted by atomic mass is 32.2. The summed E-state index contributed by atoms with van der Waals surface area (Å²) in [4.78, 5) is 30.8. The molecule has 2 aliphatic heterocycles. The average molecular weight is 870 g/mol. The molecule has 0 radical (unpaired) electrons. The molecule has 324 valence electrons. The van der Waals surface area contributed by atoms with Crippen molar-refractivity contribution in [2.75, 3.05) is 44.6 Å². The summed E-state index contributed by atoms with van der Waals surface area (Å²) < 4.78 is 70.8. The van der Waals surface area contributed by atoms with Crippen LogP contribution in [0.2, 0.25) is 0 Å². The van der Waals surface area contributed by atoms with E-state index < -0.39 is 54.6 Å². The Morgan fingerprint density at radius 2 is 1.79 bits per heavy atom. The zero-order valence-corrected chi connectivity index (χ0v) is 37.3. The van der Waals surface area contributed by atoms with E-state index in [1.54, 1.807) is 69.6 Å². The van der Waals surface area contributed by atoms with Crippen molar-refractivity contribution in [2.24, 2.45) is 29.2 Å². The van der Waals surface area contributed by atoms with Crippen molar-refractivity contribution in [1.29, 1.82) is 0 Å². The lowest BCUT2D eigenvalue weighted by Crippen LogP contribution is -2.49. The van der Waals surface area contributed by atoms with Gasteiger partial charge < -0.3 is 19.1 Å². The number of benzene rings is 3. The first-order valence-corrected chi connectivity index (χ1v) is 24.2. The number of rotatable bonds is 6. The Hall–Kier alpha value is -4.99. The van der Waals surface area contributed by atoms with Crippen molar-refractivity contribution < 1.29 is 36.4 Å². The van der Waals surface area contributed by atoms with Crippen molar-refractivity contribution in [1.82, 2.24) is 14.5 Å². The first-order chi connectivity index (χ1) is 29.1. The maximum atomic E-state index is 15.2. The van der Waals surface area contributed by atoms with Crippen LogP contribution in [0, 0.1) is 31.6 Å². The molecule has 2 unspecified atom stereocenters. The molecule has 4 aromatic rings. The summed E-state index contributed by atoms with van der Waals surface area (Å²) in [7, 11) is -3.53. The minimum absolute atomic E-state index is 0.0161. The lowest BCUT2D eigenvalue weighted by Gasteiger charge is -2.46. The van der Waals surface area contributed by atoms with Crippen LogP contribution in [0.25, 0.3) is 0 Å². The Bertz CT molecular complexity index is 2620. The SMILES string of the molecule is COc1nn(C)cc1C(=O)NS1(=O)=NC(=O)c2ccc3c(c2)N(C[C@@H]2CC[C@H]2[C@@H](OC)/C=C/C(S(=O)(=O)c2ccc(C)cc2)[C@H](C)C1)C[C@@]1(CCCc2cc(C)ccc21)CO3. The highest BCUT2D eigenvalue weighted by Crippen LogP contribution is 2.47. The van der Waals surface area contributed by atoms with Gasteiger partial charge in [0.15, 0.2) is 9.84 Å². The molecule has 1 aromatic heterocycles. The third-order valence-corrected chi connectivity index (χ3v) is 17.3. The molecule has 4 aliphatic rings. The zero-order valence-electron chi connectivity index (χ0n) is 35.6. The fourth-order valence-corrected chi connectivity index (χ4v) is 13.6. The van der Waals surface area contributed by atoms with E-state index in [-0.39, 0.29) is 39.2 Å². The number of anilines is 1. The smallest absolute Gasteiger partial charge is 0.286 e. The molecular formula is C46H55N5O8S2. The van der Waals surface area contributed by atoms with Crippen molar-refractivity contribution >= 4 is 37.3 Å². The van der Waals surface area contributed by atoms with E-state index in [1.807, 2.05) is 13.0 Å². The van der Waals surface area contributed by atoms with Crippen LogP contribution >= 0.6 is 0 Å². The molecule has 61 heavy (non-hydrogen) atoms. The van der Waals surface area contributed by atoms with Gasteiger partial charge in [0.05, 0.1) is 41.4 Å². The number of fused-ring (bicyclic) bond motifs is 4. The Labute approximate surface area is 359 Å². The molecule has 3 heterocycles. The number of hydrogen-bond donors (Lipinski definition) is 1. The van der Waals surface area contributed by atoms with Crippen LogP contribution in [0.15, 0.2) is 88.3 Å². The van der Waals surface area contributed by atoms with Crippen LogP contribution in [0.5, 0.6) is 11.6 Å². The minimum atomic E-state index is -4.11. The summed E-state index contributed by atoms with van der Waals surface area (Å²) in [6, 6.07) is 18.4. The van der Waals surface area contributed by atoms with Gasteiger partial charge in [-0.2, -0.15) is 0 Å². The van der Waals surface area contributed by atoms with Gasteiger partial charge in [-0.1, -0.05) is 60.5 Å². The average Bonchev–Trinajstić information content (AvgIpc) is 3.53. The Balaban J connectivity index is 1.27. The van der Waals surface area contributed by atoms with Crippen LogP contribution in [-0.2, 0) is 43.4 Å². The van der Waals surface area contributed by atoms with Gasteiger partial charge in [0.1, 0.15) is 21.2 Å². The van der Waals surface area contributed by atoms with Crippen molar-refractivity contribution in [3.8, 4) is 11.6 Å². The van der Waals surface area contributed by atoms with Gasteiger partial charge >= 0.3 is 0 Å². The summed E-state index contributed by atoms with van der Waals surface area (Å²) in [5, 5.41) is 2.94. The molecule has 2 bridgehead atoms. The lowest BCUT2D eigenvalue weighted by molar-refractivity contribution is 0.0131. The second-order valence-electron chi connectivity index (χ2n) is 17.4. The molecule has 1 N–H and O–H groups in total. The molecule has 1 fully saturated rings. The summed E-state index contributed by atoms with van der Waals surface area (Å²) in [6.07, 6.45) is 9.26. The number of carbonyl (C=O) groups is 2. The Morgan fingerprint density at radius 1 is 1.02 bits per heavy atom. The quantitative estimate of drug-likeness (QED) is 0.211. The molecule has 13 nitrogen and oxygen atoms in total. The number of nitrogens with one attached hydrogen (secondary N) is 1. The van der Waals surface area contributed by atoms with Gasteiger partial charge in [0.2, 0.25) is 5.88 Å². The molecule has 2 amide bonds. The highest BCUT2D eigenvalue weighted by Gasteiger charge is 2.45. The summed E-state index contributed by atoms with van der Waals surface area (Å²) >= 11 is 0. The summed E-state index contributed by atoms with van der Waals surface area (Å²) in [5.74, 6) is -2.16. The standard InChI is InChI=1S/C46H55N5O8S2/c1-29-9-14-35(15-10-29)61(55,56)42-20-19-40(57-5)36-16-12-34(36)24-51-27-46(21-7-8-32-22-30(2)11-17-38(32)46)28-59-41-18-13-33(23-39(41)51)43(52)48-60(54,26-31(42)3)49-44(53)37-25-50(4)47-45(37)58-6/h9-11,13-15,17-20,22-23,25,31,34,36,40,42H,7-8,12,16,21,24,26-28H2,1-6H3,(H,48,49,52,53,54)/b20-19+/t31-,34+,36-,40+,42?,46+,60?/m1/s1. The fraction of sp³-hybridized carbons (Fsp3) is 0.457. The maximum Gasteiger partial charge on any atom is 0.286 e. The number of carbonyl (C=O) groups excluding carboxylic acids is 2. The number of amides is 2. The van der Waals surface area contributed by atoms with Gasteiger partial charge in [0.25, 0.3) is 11.8 Å². The number of methoxy groups -OCH3 is 2. The summed E-state index contributed by atoms with van der Waals surface area (Å²) in [6.45, 7) is 7.40. The first kappa shape index (κ1) is 42.7. The molecular weight excluding hydrogens is 815 g/mol. The number of aromatic nitrogens is 2. The maximum absolute atomic E-state index is 15.2. The first-order valence-electron chi connectivity index (χ1n) is 20.9. The van der Waals surface area contributed by atoms with E-state index in [9.17, 15) is 18.0 Å². The minimum Gasteiger partial charge on any atom is -0.490 e. The molecule has 15 heteroatoms. The van der Waals surface area contributed by atoms with Crippen LogP contribution in [0.1, 0.15) is 75.6 Å². The largest absolute Gasteiger partial charge is 0.490 e. The Morgan fingerprint density at radius 3 is 2.51 bits per heavy atom. The topological polar surface area (TPSA) is 158 Å². The molecule has 0 saturated heterocycles. The van der Waals surface area contributed by atoms with E-state index in [4.69, 9.17) is 14.2 Å². The van der Waals surface area contributed by atoms with E-state index in [2.05, 4.69) is 44.2 Å². The van der Waals surface area contributed by atoms with E-state index in [0.29, 0.717) is 25.4 Å². The van der Waals surface area contributed by atoms with Gasteiger partial charge in [-0.25, -0.2) is 12.6 Å². The van der Waals surface area contributed by atoms with E-state index in [0.717, 1.165) is 43.4 Å². The normalized spacial score (nSPS) is 28.3. The second kappa shape index (κ2) is 16.7. The summed E-state index contributed by atoms with van der Waals surface area (Å²) in [5.41, 5.74) is 5.30. The second-order valence-corrected chi connectivity index (χ2v) is 21.5. The number of hydrogen-bond acceptors (Lipinski definition) is 10. The predicted octanol–water partition coefficient (Wildman–Crippen LogP) is 6.56. The number of ether oxygens (including phenoxy) is 3. The molecule has 8 rings (SSSR count). The Kier molecular flexibility index (Phi) is 11.7. The number of nitrogens with zero attached hydrogens (tertiary/aromatic N) is 4. The fourth-order valence-electron chi connectivity index (χ4n) is 9.76. The molecule has 3 aromatic carbocycles. The predicted molar refractivity (Wildman–Crippen MR) is 234 cm³/mol. The number of sulfone groups is 1. The highest BCUT2D eigenvalue weighted by molar-refractivity contribution is 7.93. The monoisotopic (exact) mass is 869 g/mol. The third kappa shape index (κ3) is 8.36. The van der Waals surface area contributed by atoms with Crippen molar-refractivity contribution in [3.05, 3.63) is 112 Å². The van der Waals surface area contributed by atoms with Gasteiger partial charge in [-0.15, -0.1) is 9.46 Å². The van der Waals surface area contributed by atoms with Gasteiger partial charge in [0, 0.05) is 44.4 Å².